The normalized spacial score (nSPS) is 11.7. The van der Waals surface area contributed by atoms with Crippen LogP contribution in [-0.4, -0.2) is 10.9 Å². The molecule has 0 radical (unpaired) electrons. The molecule has 2 heterocycles. The molecule has 0 spiro atoms. The third-order valence-electron chi connectivity index (χ3n) is 3.74. The molecule has 2 aromatic heterocycles. The second kappa shape index (κ2) is 7.53. The second-order valence-corrected chi connectivity index (χ2v) is 8.45. The molecule has 128 valence electrons. The number of carbonyl (C=O) groups is 1. The van der Waals surface area contributed by atoms with Crippen LogP contribution in [0.2, 0.25) is 0 Å². The number of fused-ring (bicyclic) bond motifs is 1. The maximum atomic E-state index is 13.0. The molecule has 26 heavy (non-hydrogen) atoms. The summed E-state index contributed by atoms with van der Waals surface area (Å²) >= 11 is 6.51. The van der Waals surface area contributed by atoms with Gasteiger partial charge in [0.15, 0.2) is 5.13 Å². The number of benzene rings is 2. The molecule has 0 saturated carbocycles. The van der Waals surface area contributed by atoms with Crippen LogP contribution in [0.1, 0.15) is 10.4 Å². The van der Waals surface area contributed by atoms with E-state index in [1.807, 2.05) is 72.1 Å². The predicted octanol–water partition coefficient (Wildman–Crippen LogP) is 6.30. The standard InChI is InChI=1S/C20H13BrN2OS2/c21-14-9-7-13(8-10-14)16(12-15-4-3-11-25-15)19(24)23-20-22-17-5-1-2-6-18(17)26-20/h1-12H,(H,22,23,24). The van der Waals surface area contributed by atoms with Crippen LogP contribution >= 0.6 is 38.6 Å². The van der Waals surface area contributed by atoms with Gasteiger partial charge in [-0.25, -0.2) is 4.98 Å². The highest BCUT2D eigenvalue weighted by atomic mass is 79.9. The van der Waals surface area contributed by atoms with E-state index in [1.54, 1.807) is 11.3 Å². The average molecular weight is 441 g/mol. The number of nitrogens with one attached hydrogen (secondary N) is 1. The summed E-state index contributed by atoms with van der Waals surface area (Å²) in [5.74, 6) is -0.167. The van der Waals surface area contributed by atoms with Gasteiger partial charge in [0.2, 0.25) is 0 Å². The fourth-order valence-electron chi connectivity index (χ4n) is 2.52. The number of carbonyl (C=O) groups excluding carboxylic acids is 1. The van der Waals surface area contributed by atoms with E-state index in [0.717, 1.165) is 25.1 Å². The zero-order valence-corrected chi connectivity index (χ0v) is 16.7. The molecular formula is C20H13BrN2OS2. The minimum absolute atomic E-state index is 0.167. The van der Waals surface area contributed by atoms with E-state index in [-0.39, 0.29) is 5.91 Å². The number of nitrogens with zero attached hydrogens (tertiary/aromatic N) is 1. The van der Waals surface area contributed by atoms with E-state index >= 15 is 0 Å². The minimum Gasteiger partial charge on any atom is -0.298 e. The summed E-state index contributed by atoms with van der Waals surface area (Å²) in [6.45, 7) is 0. The van der Waals surface area contributed by atoms with Crippen molar-refractivity contribution >= 4 is 71.5 Å². The lowest BCUT2D eigenvalue weighted by Crippen LogP contribution is -2.13. The predicted molar refractivity (Wildman–Crippen MR) is 115 cm³/mol. The molecule has 0 saturated heterocycles. The summed E-state index contributed by atoms with van der Waals surface area (Å²) in [4.78, 5) is 18.5. The quantitative estimate of drug-likeness (QED) is 0.378. The molecule has 0 aliphatic heterocycles. The molecule has 3 nitrogen and oxygen atoms in total. The van der Waals surface area contributed by atoms with Crippen LogP contribution in [0.5, 0.6) is 0 Å². The number of thiazole rings is 1. The maximum Gasteiger partial charge on any atom is 0.258 e. The lowest BCUT2D eigenvalue weighted by Gasteiger charge is -2.08. The van der Waals surface area contributed by atoms with E-state index in [9.17, 15) is 4.79 Å². The molecule has 1 N–H and O–H groups in total. The number of hydrogen-bond acceptors (Lipinski definition) is 4. The molecule has 6 heteroatoms. The number of halogens is 1. The first-order valence-corrected chi connectivity index (χ1v) is 10.4. The Morgan fingerprint density at radius 1 is 1.04 bits per heavy atom. The van der Waals surface area contributed by atoms with Gasteiger partial charge in [0.25, 0.3) is 5.91 Å². The van der Waals surface area contributed by atoms with Gasteiger partial charge in [-0.15, -0.1) is 11.3 Å². The van der Waals surface area contributed by atoms with Crippen LogP contribution in [0.15, 0.2) is 70.5 Å². The molecule has 0 aliphatic rings. The van der Waals surface area contributed by atoms with E-state index in [0.29, 0.717) is 10.7 Å². The third-order valence-corrected chi connectivity index (χ3v) is 6.04. The fraction of sp³-hybridized carbons (Fsp3) is 0. The molecule has 4 aromatic rings. The topological polar surface area (TPSA) is 42.0 Å². The van der Waals surface area contributed by atoms with Crippen LogP contribution in [0, 0.1) is 0 Å². The lowest BCUT2D eigenvalue weighted by molar-refractivity contribution is -0.111. The molecule has 0 bridgehead atoms. The number of hydrogen-bond donors (Lipinski definition) is 1. The van der Waals surface area contributed by atoms with Crippen LogP contribution < -0.4 is 5.32 Å². The average Bonchev–Trinajstić information content (AvgIpc) is 3.29. The van der Waals surface area contributed by atoms with E-state index in [1.165, 1.54) is 11.3 Å². The Morgan fingerprint density at radius 3 is 2.58 bits per heavy atom. The zero-order valence-electron chi connectivity index (χ0n) is 13.5. The number of anilines is 1. The highest BCUT2D eigenvalue weighted by molar-refractivity contribution is 9.10. The maximum absolute atomic E-state index is 13.0. The fourth-order valence-corrected chi connectivity index (χ4v) is 4.30. The van der Waals surface area contributed by atoms with Gasteiger partial charge in [0.05, 0.1) is 10.2 Å². The van der Waals surface area contributed by atoms with Crippen LogP contribution in [-0.2, 0) is 4.79 Å². The summed E-state index contributed by atoms with van der Waals surface area (Å²) in [5, 5.41) is 5.55. The Kier molecular flexibility index (Phi) is 4.97. The van der Waals surface area contributed by atoms with Crippen molar-refractivity contribution in [2.45, 2.75) is 0 Å². The number of para-hydroxylation sites is 1. The van der Waals surface area contributed by atoms with Gasteiger partial charge in [0.1, 0.15) is 0 Å². The van der Waals surface area contributed by atoms with Crippen molar-refractivity contribution in [3.05, 3.63) is 81.0 Å². The van der Waals surface area contributed by atoms with Crippen molar-refractivity contribution in [1.82, 2.24) is 4.98 Å². The smallest absolute Gasteiger partial charge is 0.258 e. The Hall–Kier alpha value is -2.28. The Bertz CT molecular complexity index is 1050. The van der Waals surface area contributed by atoms with Gasteiger partial charge < -0.3 is 0 Å². The third kappa shape index (κ3) is 3.77. The summed E-state index contributed by atoms with van der Waals surface area (Å²) in [6, 6.07) is 19.6. The van der Waals surface area contributed by atoms with E-state index in [2.05, 4.69) is 26.2 Å². The van der Waals surface area contributed by atoms with Gasteiger partial charge >= 0.3 is 0 Å². The molecule has 0 unspecified atom stereocenters. The van der Waals surface area contributed by atoms with Crippen molar-refractivity contribution in [1.29, 1.82) is 0 Å². The first-order chi connectivity index (χ1) is 12.7. The number of amides is 1. The van der Waals surface area contributed by atoms with Crippen molar-refractivity contribution in [3.63, 3.8) is 0 Å². The lowest BCUT2D eigenvalue weighted by atomic mass is 10.0. The molecule has 1 amide bonds. The van der Waals surface area contributed by atoms with Crippen LogP contribution in [0.25, 0.3) is 21.9 Å². The Morgan fingerprint density at radius 2 is 1.85 bits per heavy atom. The zero-order chi connectivity index (χ0) is 17.9. The molecule has 4 rings (SSSR count). The summed E-state index contributed by atoms with van der Waals surface area (Å²) < 4.78 is 2.03. The van der Waals surface area contributed by atoms with Crippen LogP contribution in [0.4, 0.5) is 5.13 Å². The van der Waals surface area contributed by atoms with Gasteiger partial charge in [-0.3, -0.25) is 10.1 Å². The minimum atomic E-state index is -0.167. The van der Waals surface area contributed by atoms with Gasteiger partial charge in [-0.2, -0.15) is 0 Å². The number of rotatable bonds is 4. The summed E-state index contributed by atoms with van der Waals surface area (Å²) in [7, 11) is 0. The largest absolute Gasteiger partial charge is 0.298 e. The molecule has 2 aromatic carbocycles. The number of aromatic nitrogens is 1. The molecule has 0 aliphatic carbocycles. The Balaban J connectivity index is 1.68. The second-order valence-electron chi connectivity index (χ2n) is 5.52. The highest BCUT2D eigenvalue weighted by Crippen LogP contribution is 2.28. The first kappa shape index (κ1) is 17.1. The van der Waals surface area contributed by atoms with Crippen molar-refractivity contribution < 1.29 is 4.79 Å². The highest BCUT2D eigenvalue weighted by Gasteiger charge is 2.15. The van der Waals surface area contributed by atoms with Gasteiger partial charge in [-0.1, -0.05) is 57.6 Å². The van der Waals surface area contributed by atoms with E-state index in [4.69, 9.17) is 0 Å². The molecular weight excluding hydrogens is 428 g/mol. The summed E-state index contributed by atoms with van der Waals surface area (Å²) in [5.41, 5.74) is 2.36. The first-order valence-electron chi connectivity index (χ1n) is 7.87. The molecule has 0 fully saturated rings. The Labute approximate surface area is 167 Å². The summed E-state index contributed by atoms with van der Waals surface area (Å²) in [6.07, 6.45) is 1.91. The van der Waals surface area contributed by atoms with Gasteiger partial charge in [0, 0.05) is 14.9 Å². The van der Waals surface area contributed by atoms with Crippen molar-refractivity contribution in [2.75, 3.05) is 5.32 Å². The monoisotopic (exact) mass is 440 g/mol. The van der Waals surface area contributed by atoms with Crippen molar-refractivity contribution in [3.8, 4) is 0 Å². The van der Waals surface area contributed by atoms with Gasteiger partial charge in [-0.05, 0) is 47.4 Å². The molecule has 0 atom stereocenters. The van der Waals surface area contributed by atoms with Crippen molar-refractivity contribution in [2.24, 2.45) is 0 Å². The van der Waals surface area contributed by atoms with E-state index < -0.39 is 0 Å². The van der Waals surface area contributed by atoms with Crippen LogP contribution in [0.3, 0.4) is 0 Å². The SMILES string of the molecule is O=C(Nc1nc2ccccc2s1)C(=Cc1cccs1)c1ccc(Br)cc1. The number of thiophene rings is 1.